The number of nitrogens with zero attached hydrogens (tertiary/aromatic N) is 1. The van der Waals surface area contributed by atoms with Crippen LogP contribution >= 0.6 is 0 Å². The molecule has 2 bridgehead atoms. The normalized spacial score (nSPS) is 47.5. The lowest BCUT2D eigenvalue weighted by Gasteiger charge is -2.48. The number of hydrogen-bond donors (Lipinski definition) is 3. The molecule has 0 radical (unpaired) electrons. The van der Waals surface area contributed by atoms with E-state index in [-0.39, 0.29) is 73.1 Å². The number of carbonyl (C=O) groups excluding carboxylic acids is 1. The maximum Gasteiger partial charge on any atom is 0.316 e. The van der Waals surface area contributed by atoms with Crippen molar-refractivity contribution in [2.75, 3.05) is 27.9 Å². The fourth-order valence-corrected chi connectivity index (χ4v) is 11.0. The first-order chi connectivity index (χ1) is 30.6. The minimum atomic E-state index is -1.87. The Morgan fingerprint density at radius 3 is 2.38 bits per heavy atom. The van der Waals surface area contributed by atoms with Gasteiger partial charge in [0.05, 0.1) is 55.4 Å². The van der Waals surface area contributed by atoms with Gasteiger partial charge >= 0.3 is 5.97 Å². The summed E-state index contributed by atoms with van der Waals surface area (Å²) in [5.41, 5.74) is 0.254. The summed E-state index contributed by atoms with van der Waals surface area (Å²) in [5, 5.41) is 29.5. The standard InChI is InChI=1S/C49H74N2O13/c1-12-26(2)44-29(5)18-19-48(64-44)24-35-21-34(63-48)17-16-28(4)43(27(3)14-13-15-33-25-57-46-41(51-54)30(6)20-36(47(52)60-35)49(33,46)53)61-40-23-38(56-11)45(32(8)59-40)62-39-22-37(55-10)42(50-9)31(7)58-39/h13-16,18-20,26-27,29,31-32,34-40,42-46,50,53-54H,12,17,21-25H2,1-11H3/b14-13+,28-16+,33-15+,51-41+/t26?,27?,29-,31+,32-,34?,35?,36?,37+,38-,39+,40?,42+,43+,44?,45-,46?,48?,49-/m1/s1. The van der Waals surface area contributed by atoms with Gasteiger partial charge < -0.3 is 63.0 Å². The summed E-state index contributed by atoms with van der Waals surface area (Å²) in [6, 6.07) is 0.0402. The molecule has 15 heteroatoms. The average Bonchev–Trinajstić information content (AvgIpc) is 3.60. The van der Waals surface area contributed by atoms with E-state index in [0.717, 1.165) is 12.0 Å². The molecule has 6 heterocycles. The van der Waals surface area contributed by atoms with Crippen molar-refractivity contribution in [3.63, 3.8) is 0 Å². The Kier molecular flexibility index (Phi) is 15.8. The molecule has 0 aromatic rings. The molecule has 0 aromatic heterocycles. The molecule has 4 saturated heterocycles. The number of carbonyl (C=O) groups is 1. The van der Waals surface area contributed by atoms with E-state index in [1.807, 2.05) is 39.1 Å². The van der Waals surface area contributed by atoms with E-state index >= 15 is 0 Å². The van der Waals surface area contributed by atoms with Gasteiger partial charge in [-0.2, -0.15) is 0 Å². The summed E-state index contributed by atoms with van der Waals surface area (Å²) in [7, 11) is 5.30. The molecular weight excluding hydrogens is 825 g/mol. The topological polar surface area (TPSA) is 174 Å². The lowest BCUT2D eigenvalue weighted by Crippen LogP contribution is -2.57. The Labute approximate surface area is 379 Å². The lowest BCUT2D eigenvalue weighted by molar-refractivity contribution is -0.312. The van der Waals surface area contributed by atoms with Gasteiger partial charge in [0, 0.05) is 51.7 Å². The number of rotatable bonds is 9. The van der Waals surface area contributed by atoms with E-state index in [2.05, 4.69) is 57.2 Å². The van der Waals surface area contributed by atoms with Crippen LogP contribution < -0.4 is 5.32 Å². The van der Waals surface area contributed by atoms with Crippen LogP contribution in [0.3, 0.4) is 0 Å². The Hall–Kier alpha value is -2.80. The monoisotopic (exact) mass is 899 g/mol. The van der Waals surface area contributed by atoms with Crippen LogP contribution in [0.15, 0.2) is 64.4 Å². The molecule has 0 aromatic carbocycles. The Bertz CT molecular complexity index is 1830. The van der Waals surface area contributed by atoms with E-state index in [4.69, 9.17) is 47.4 Å². The first kappa shape index (κ1) is 49.1. The zero-order chi connectivity index (χ0) is 46.1. The van der Waals surface area contributed by atoms with Crippen LogP contribution in [0.5, 0.6) is 0 Å². The molecule has 1 spiro atoms. The number of ether oxygens (including phenoxy) is 10. The summed E-state index contributed by atoms with van der Waals surface area (Å²) in [6.07, 6.45) is 11.6. The van der Waals surface area contributed by atoms with Gasteiger partial charge in [0.2, 0.25) is 0 Å². The van der Waals surface area contributed by atoms with Crippen molar-refractivity contribution < 1.29 is 62.5 Å². The van der Waals surface area contributed by atoms with E-state index in [9.17, 15) is 15.1 Å². The van der Waals surface area contributed by atoms with Crippen LogP contribution in [0.1, 0.15) is 93.9 Å². The lowest BCUT2D eigenvalue weighted by atomic mass is 9.71. The minimum absolute atomic E-state index is 0.0153. The van der Waals surface area contributed by atoms with Gasteiger partial charge in [-0.1, -0.05) is 75.7 Å². The van der Waals surface area contributed by atoms with Crippen LogP contribution in [0.2, 0.25) is 0 Å². The Morgan fingerprint density at radius 2 is 1.67 bits per heavy atom. The van der Waals surface area contributed by atoms with Crippen molar-refractivity contribution in [2.24, 2.45) is 28.8 Å². The molecule has 7 aliphatic rings. The number of oxime groups is 1. The smallest absolute Gasteiger partial charge is 0.316 e. The van der Waals surface area contributed by atoms with Gasteiger partial charge in [-0.25, -0.2) is 0 Å². The van der Waals surface area contributed by atoms with Gasteiger partial charge in [-0.15, -0.1) is 0 Å². The summed E-state index contributed by atoms with van der Waals surface area (Å²) < 4.78 is 64.7. The average molecular weight is 899 g/mol. The maximum atomic E-state index is 14.4. The molecular formula is C49H74N2O13. The van der Waals surface area contributed by atoms with Crippen molar-refractivity contribution >= 4 is 11.7 Å². The molecule has 358 valence electrons. The molecule has 0 amide bonds. The highest BCUT2D eigenvalue weighted by Crippen LogP contribution is 2.46. The van der Waals surface area contributed by atoms with Crippen molar-refractivity contribution in [1.29, 1.82) is 0 Å². The molecule has 9 unspecified atom stereocenters. The molecule has 3 N–H and O–H groups in total. The third kappa shape index (κ3) is 9.92. The van der Waals surface area contributed by atoms with Crippen molar-refractivity contribution in [3.8, 4) is 0 Å². The van der Waals surface area contributed by atoms with Gasteiger partial charge in [0.15, 0.2) is 18.4 Å². The number of hydrogen-bond acceptors (Lipinski definition) is 15. The first-order valence-electron chi connectivity index (χ1n) is 23.5. The third-order valence-electron chi connectivity index (χ3n) is 14.8. The molecule has 64 heavy (non-hydrogen) atoms. The van der Waals surface area contributed by atoms with Crippen LogP contribution in [-0.4, -0.2) is 141 Å². The number of aliphatic hydroxyl groups is 1. The molecule has 7 rings (SSSR count). The number of methoxy groups -OCH3 is 2. The van der Waals surface area contributed by atoms with Crippen LogP contribution in [-0.2, 0) is 52.2 Å². The van der Waals surface area contributed by atoms with Crippen LogP contribution in [0, 0.1) is 23.7 Å². The van der Waals surface area contributed by atoms with Gasteiger partial charge in [-0.3, -0.25) is 4.79 Å². The second kappa shape index (κ2) is 20.6. The zero-order valence-electron chi connectivity index (χ0n) is 39.6. The molecule has 15 nitrogen and oxygen atoms in total. The predicted octanol–water partition coefficient (Wildman–Crippen LogP) is 6.07. The summed E-state index contributed by atoms with van der Waals surface area (Å²) in [6.45, 7) is 16.4. The number of likely N-dealkylation sites (N-methyl/N-ethyl adjacent to an activating group) is 1. The Balaban J connectivity index is 1.19. The highest BCUT2D eigenvalue weighted by Gasteiger charge is 2.60. The van der Waals surface area contributed by atoms with Gasteiger partial charge in [0.25, 0.3) is 0 Å². The SMILES string of the molecule is CCC(C)C1OC2(C=C[C@H]1C)CC1CC(C/C=C(\C)[C@@H](OC3C[C@@H](OC)[C@H](O[C@H]4C[C@H](OC)[C@@H](NC)[C@H](C)O4)[C@@H](C)O3)C(C)/C=C/C=C3\COC4/C(=N/O)C(C)=CC(C(=O)O1)[C@]34O)O2. The maximum absolute atomic E-state index is 14.4. The highest BCUT2D eigenvalue weighted by atomic mass is 16.7. The quantitative estimate of drug-likeness (QED) is 0.105. The molecule has 0 saturated carbocycles. The van der Waals surface area contributed by atoms with Gasteiger partial charge in [-0.05, 0) is 69.9 Å². The largest absolute Gasteiger partial charge is 0.462 e. The van der Waals surface area contributed by atoms with E-state index in [1.165, 1.54) is 0 Å². The number of esters is 1. The third-order valence-corrected chi connectivity index (χ3v) is 14.8. The first-order valence-corrected chi connectivity index (χ1v) is 23.5. The Morgan fingerprint density at radius 1 is 0.953 bits per heavy atom. The molecule has 19 atom stereocenters. The second-order valence-corrected chi connectivity index (χ2v) is 19.2. The summed E-state index contributed by atoms with van der Waals surface area (Å²) in [4.78, 5) is 14.4. The number of allylic oxidation sites excluding steroid dienone is 2. The second-order valence-electron chi connectivity index (χ2n) is 19.2. The molecule has 1 aliphatic carbocycles. The fourth-order valence-electron chi connectivity index (χ4n) is 11.0. The summed E-state index contributed by atoms with van der Waals surface area (Å²) in [5.74, 6) is -2.60. The fraction of sp³-hybridized carbons (Fsp3) is 0.755. The van der Waals surface area contributed by atoms with Crippen molar-refractivity contribution in [2.45, 2.75) is 185 Å². The zero-order valence-corrected chi connectivity index (χ0v) is 39.6. The predicted molar refractivity (Wildman–Crippen MR) is 237 cm³/mol. The van der Waals surface area contributed by atoms with Crippen molar-refractivity contribution in [1.82, 2.24) is 5.32 Å². The minimum Gasteiger partial charge on any atom is -0.462 e. The van der Waals surface area contributed by atoms with Crippen LogP contribution in [0.4, 0.5) is 0 Å². The van der Waals surface area contributed by atoms with E-state index < -0.39 is 66.4 Å². The number of fused-ring (bicyclic) bond motifs is 2. The van der Waals surface area contributed by atoms with E-state index in [0.29, 0.717) is 36.8 Å². The molecule has 6 aliphatic heterocycles. The van der Waals surface area contributed by atoms with Gasteiger partial charge in [0.1, 0.15) is 35.5 Å². The highest BCUT2D eigenvalue weighted by molar-refractivity contribution is 6.06. The summed E-state index contributed by atoms with van der Waals surface area (Å²) >= 11 is 0. The van der Waals surface area contributed by atoms with Crippen molar-refractivity contribution in [3.05, 3.63) is 59.3 Å². The molecule has 4 fully saturated rings. The van der Waals surface area contributed by atoms with Crippen LogP contribution in [0.25, 0.3) is 0 Å². The van der Waals surface area contributed by atoms with E-state index in [1.54, 1.807) is 33.3 Å². The number of nitrogens with one attached hydrogen (secondary N) is 1.